The van der Waals surface area contributed by atoms with Gasteiger partial charge in [0, 0.05) is 30.6 Å². The summed E-state index contributed by atoms with van der Waals surface area (Å²) in [5.74, 6) is 6.00. The average molecular weight is 482 g/mol. The topological polar surface area (TPSA) is 93.8 Å². The Bertz CT molecular complexity index is 1450. The van der Waals surface area contributed by atoms with Gasteiger partial charge in [-0.05, 0) is 36.3 Å². The molecule has 0 aliphatic heterocycles. The first-order chi connectivity index (χ1) is 16.7. The molecule has 4 aromatic rings. The second-order valence-electron chi connectivity index (χ2n) is 7.23. The summed E-state index contributed by atoms with van der Waals surface area (Å²) in [6, 6.07) is 10.3. The molecule has 178 valence electrons. The lowest BCUT2D eigenvalue weighted by Gasteiger charge is -2.20. The maximum atomic E-state index is 12.5. The number of nitrogens with one attached hydrogen (secondary N) is 1. The molecule has 9 nitrogen and oxygen atoms in total. The minimum Gasteiger partial charge on any atom is -0.335 e. The molecule has 0 atom stereocenters. The van der Waals surface area contributed by atoms with E-state index in [4.69, 9.17) is 0 Å². The summed E-state index contributed by atoms with van der Waals surface area (Å²) in [4.78, 5) is 32.1. The van der Waals surface area contributed by atoms with Crippen LogP contribution in [0.2, 0.25) is 0 Å². The molecule has 4 rings (SSSR count). The number of rotatable bonds is 5. The van der Waals surface area contributed by atoms with Crippen molar-refractivity contribution in [2.45, 2.75) is 6.18 Å². The second kappa shape index (κ2) is 9.60. The lowest BCUT2D eigenvalue weighted by Crippen LogP contribution is -2.43. The Balaban J connectivity index is 1.61. The molecule has 3 heterocycles. The van der Waals surface area contributed by atoms with E-state index in [0.717, 1.165) is 5.56 Å². The molecule has 0 saturated carbocycles. The SMILES string of the molecule is Cn1ccc(C#Cc2ccn3c(-c4cccc(N(OC=O)C(=O)NCC(F)(F)F)c4)cnc3c2)n1. The van der Waals surface area contributed by atoms with Crippen molar-refractivity contribution in [2.24, 2.45) is 7.05 Å². The van der Waals surface area contributed by atoms with Gasteiger partial charge in [-0.2, -0.15) is 18.3 Å². The number of anilines is 1. The number of pyridine rings is 1. The molecule has 12 heteroatoms. The zero-order valence-corrected chi connectivity index (χ0v) is 18.2. The Hall–Kier alpha value is -4.79. The van der Waals surface area contributed by atoms with Gasteiger partial charge in [-0.15, -0.1) is 5.06 Å². The van der Waals surface area contributed by atoms with Crippen LogP contribution in [0.5, 0.6) is 0 Å². The number of imidazole rings is 1. The Morgan fingerprint density at radius 2 is 2.03 bits per heavy atom. The number of aryl methyl sites for hydroxylation is 1. The highest BCUT2D eigenvalue weighted by molar-refractivity contribution is 5.91. The summed E-state index contributed by atoms with van der Waals surface area (Å²) in [7, 11) is 1.80. The minimum absolute atomic E-state index is 0.0436. The molecular formula is C23H17F3N6O3. The number of fused-ring (bicyclic) bond motifs is 1. The highest BCUT2D eigenvalue weighted by Crippen LogP contribution is 2.26. The predicted octanol–water partition coefficient (Wildman–Crippen LogP) is 3.30. The van der Waals surface area contributed by atoms with Crippen LogP contribution < -0.4 is 10.4 Å². The smallest absolute Gasteiger partial charge is 0.335 e. The van der Waals surface area contributed by atoms with Crippen molar-refractivity contribution in [3.63, 3.8) is 0 Å². The van der Waals surface area contributed by atoms with Gasteiger partial charge in [0.15, 0.2) is 0 Å². The third kappa shape index (κ3) is 5.59. The molecule has 0 spiro atoms. The van der Waals surface area contributed by atoms with Crippen LogP contribution in [0, 0.1) is 11.8 Å². The Morgan fingerprint density at radius 3 is 2.74 bits per heavy atom. The normalized spacial score (nSPS) is 11.0. The van der Waals surface area contributed by atoms with Gasteiger partial charge in [0.1, 0.15) is 17.9 Å². The number of benzene rings is 1. The van der Waals surface area contributed by atoms with Crippen molar-refractivity contribution in [1.29, 1.82) is 0 Å². The number of hydrogen-bond donors (Lipinski definition) is 1. The van der Waals surface area contributed by atoms with Crippen molar-refractivity contribution < 1.29 is 27.6 Å². The minimum atomic E-state index is -4.62. The van der Waals surface area contributed by atoms with E-state index in [1.54, 1.807) is 70.4 Å². The van der Waals surface area contributed by atoms with E-state index in [-0.39, 0.29) is 12.2 Å². The van der Waals surface area contributed by atoms with Crippen LogP contribution in [0.1, 0.15) is 11.3 Å². The van der Waals surface area contributed by atoms with Crippen LogP contribution in [-0.4, -0.2) is 44.4 Å². The predicted molar refractivity (Wildman–Crippen MR) is 119 cm³/mol. The van der Waals surface area contributed by atoms with Crippen LogP contribution in [0.15, 0.2) is 61.1 Å². The number of carbonyl (C=O) groups is 2. The molecule has 0 radical (unpaired) electrons. The van der Waals surface area contributed by atoms with Crippen molar-refractivity contribution >= 4 is 23.8 Å². The number of nitrogens with zero attached hydrogens (tertiary/aromatic N) is 5. The first-order valence-corrected chi connectivity index (χ1v) is 10.1. The van der Waals surface area contributed by atoms with E-state index in [0.29, 0.717) is 27.7 Å². The Morgan fingerprint density at radius 1 is 1.20 bits per heavy atom. The van der Waals surface area contributed by atoms with Gasteiger partial charge in [-0.3, -0.25) is 13.9 Å². The number of aromatic nitrogens is 4. The molecule has 0 bridgehead atoms. The highest BCUT2D eigenvalue weighted by Gasteiger charge is 2.30. The number of carbonyl (C=O) groups excluding carboxylic acids is 2. The number of amides is 2. The number of urea groups is 1. The maximum Gasteiger partial charge on any atom is 0.405 e. The number of alkyl halides is 3. The van der Waals surface area contributed by atoms with E-state index in [1.807, 2.05) is 0 Å². The molecule has 1 N–H and O–H groups in total. The van der Waals surface area contributed by atoms with E-state index in [2.05, 4.69) is 26.8 Å². The average Bonchev–Trinajstić information content (AvgIpc) is 3.44. The molecule has 0 aliphatic carbocycles. The molecule has 2 amide bonds. The fourth-order valence-corrected chi connectivity index (χ4v) is 3.20. The Labute approximate surface area is 196 Å². The van der Waals surface area contributed by atoms with Crippen molar-refractivity contribution in [3.8, 4) is 23.1 Å². The van der Waals surface area contributed by atoms with E-state index in [1.165, 1.54) is 12.1 Å². The highest BCUT2D eigenvalue weighted by atomic mass is 19.4. The van der Waals surface area contributed by atoms with Crippen LogP contribution in [0.3, 0.4) is 0 Å². The third-order valence-electron chi connectivity index (χ3n) is 4.71. The quantitative estimate of drug-likeness (QED) is 0.268. The first kappa shape index (κ1) is 23.4. The standard InChI is InChI=1S/C23H17F3N6O3/c1-30-9-8-18(29-30)6-5-16-7-10-31-20(13-27-21(31)11-16)17-3-2-4-19(12-17)32(35-15-33)22(34)28-14-23(24,25)26/h2-4,7-13,15H,14H2,1H3,(H,28,34). The largest absolute Gasteiger partial charge is 0.405 e. The summed E-state index contributed by atoms with van der Waals surface area (Å²) < 4.78 is 40.8. The molecule has 0 unspecified atom stereocenters. The fourth-order valence-electron chi connectivity index (χ4n) is 3.20. The van der Waals surface area contributed by atoms with E-state index >= 15 is 0 Å². The molecule has 0 fully saturated rings. The van der Waals surface area contributed by atoms with Crippen molar-refractivity contribution in [1.82, 2.24) is 24.5 Å². The van der Waals surface area contributed by atoms with Crippen LogP contribution >= 0.6 is 0 Å². The van der Waals surface area contributed by atoms with Gasteiger partial charge >= 0.3 is 18.7 Å². The lowest BCUT2D eigenvalue weighted by molar-refractivity contribution is -0.129. The molecule has 0 saturated heterocycles. The van der Waals surface area contributed by atoms with Gasteiger partial charge in [0.2, 0.25) is 0 Å². The summed E-state index contributed by atoms with van der Waals surface area (Å²) in [5, 5.41) is 6.31. The van der Waals surface area contributed by atoms with Gasteiger partial charge in [-0.25, -0.2) is 9.78 Å². The van der Waals surface area contributed by atoms with Crippen LogP contribution in [0.4, 0.5) is 23.7 Å². The Kier molecular flexibility index (Phi) is 6.41. The van der Waals surface area contributed by atoms with Gasteiger partial charge in [0.25, 0.3) is 0 Å². The summed E-state index contributed by atoms with van der Waals surface area (Å²) in [6.07, 6.45) is 0.534. The molecule has 0 aliphatic rings. The zero-order valence-electron chi connectivity index (χ0n) is 18.2. The van der Waals surface area contributed by atoms with Gasteiger partial charge in [-0.1, -0.05) is 18.1 Å². The maximum absolute atomic E-state index is 12.5. The van der Waals surface area contributed by atoms with E-state index in [9.17, 15) is 22.8 Å². The number of halogens is 3. The number of hydrogen-bond acceptors (Lipinski definition) is 5. The monoisotopic (exact) mass is 482 g/mol. The van der Waals surface area contributed by atoms with Crippen LogP contribution in [0.25, 0.3) is 16.9 Å². The van der Waals surface area contributed by atoms with E-state index < -0.39 is 18.8 Å². The first-order valence-electron chi connectivity index (χ1n) is 10.1. The number of hydroxylamine groups is 1. The third-order valence-corrected chi connectivity index (χ3v) is 4.71. The lowest BCUT2D eigenvalue weighted by atomic mass is 10.1. The summed E-state index contributed by atoms with van der Waals surface area (Å²) >= 11 is 0. The molecular weight excluding hydrogens is 465 g/mol. The van der Waals surface area contributed by atoms with Crippen LogP contribution in [-0.2, 0) is 16.7 Å². The molecule has 1 aromatic carbocycles. The van der Waals surface area contributed by atoms with Gasteiger partial charge in [0.05, 0.1) is 17.6 Å². The second-order valence-corrected chi connectivity index (χ2v) is 7.23. The van der Waals surface area contributed by atoms with Gasteiger partial charge < -0.3 is 10.2 Å². The van der Waals surface area contributed by atoms with Crippen molar-refractivity contribution in [2.75, 3.05) is 11.6 Å². The molecule has 35 heavy (non-hydrogen) atoms. The summed E-state index contributed by atoms with van der Waals surface area (Å²) in [6.45, 7) is -1.63. The summed E-state index contributed by atoms with van der Waals surface area (Å²) in [5.41, 5.74) is 3.21. The van der Waals surface area contributed by atoms with Crippen molar-refractivity contribution in [3.05, 3.63) is 72.3 Å². The zero-order chi connectivity index (χ0) is 25.0. The molecule has 3 aromatic heterocycles. The fraction of sp³-hybridized carbons (Fsp3) is 0.130.